The molecule has 1 N–H and O–H groups in total. The van der Waals surface area contributed by atoms with Gasteiger partial charge in [0.05, 0.1) is 23.4 Å². The maximum atomic E-state index is 13.3. The topological polar surface area (TPSA) is 102 Å². The van der Waals surface area contributed by atoms with Gasteiger partial charge in [-0.2, -0.15) is 0 Å². The van der Waals surface area contributed by atoms with Crippen molar-refractivity contribution < 1.29 is 28.7 Å². The number of carbonyl (C=O) groups excluding carboxylic acids is 4. The minimum atomic E-state index is -0.926. The highest BCUT2D eigenvalue weighted by atomic mass is 79.9. The lowest BCUT2D eigenvalue weighted by atomic mass is 10.1. The number of nitrogens with one attached hydrogen (secondary N) is 1. The van der Waals surface area contributed by atoms with Gasteiger partial charge in [0.25, 0.3) is 11.8 Å². The largest absolute Gasteiger partial charge is 0.495 e. The zero-order valence-corrected chi connectivity index (χ0v) is 21.5. The molecular formula is C25H15BrCl2N2O6. The van der Waals surface area contributed by atoms with Gasteiger partial charge in [-0.15, -0.1) is 0 Å². The molecule has 11 heteroatoms. The number of hydrogen-bond donors (Lipinski definition) is 1. The van der Waals surface area contributed by atoms with Gasteiger partial charge in [0, 0.05) is 15.1 Å². The quantitative estimate of drug-likeness (QED) is 0.179. The number of methoxy groups -OCH3 is 1. The number of benzene rings is 3. The normalized spacial score (nSPS) is 14.6. The fourth-order valence-corrected chi connectivity index (χ4v) is 4.25. The highest BCUT2D eigenvalue weighted by Gasteiger charge is 2.38. The average Bonchev–Trinajstić information content (AvgIpc) is 2.83. The van der Waals surface area contributed by atoms with Crippen LogP contribution in [0.1, 0.15) is 15.9 Å². The summed E-state index contributed by atoms with van der Waals surface area (Å²) in [7, 11) is 1.39. The smallest absolute Gasteiger partial charge is 0.345 e. The fourth-order valence-electron chi connectivity index (χ4n) is 3.38. The molecule has 0 spiro atoms. The summed E-state index contributed by atoms with van der Waals surface area (Å²) in [5, 5.41) is 2.59. The Bertz CT molecular complexity index is 1460. The SMILES string of the molecule is COc1ccccc1N1C(=O)NC(=O)/C(=C/c2cc(Br)ccc2OC(=O)c2ccc(Cl)cc2Cl)C1=O. The molecule has 4 amide bonds. The van der Waals surface area contributed by atoms with Gasteiger partial charge in [0.15, 0.2) is 0 Å². The molecule has 0 unspecified atom stereocenters. The van der Waals surface area contributed by atoms with Crippen LogP contribution in [0.3, 0.4) is 0 Å². The molecule has 3 aromatic rings. The van der Waals surface area contributed by atoms with E-state index in [1.807, 2.05) is 0 Å². The molecule has 1 saturated heterocycles. The second kappa shape index (κ2) is 10.5. The van der Waals surface area contributed by atoms with Crippen LogP contribution in [-0.4, -0.2) is 30.9 Å². The van der Waals surface area contributed by atoms with Crippen molar-refractivity contribution in [2.24, 2.45) is 0 Å². The summed E-state index contributed by atoms with van der Waals surface area (Å²) < 4.78 is 11.3. The molecule has 182 valence electrons. The van der Waals surface area contributed by atoms with Gasteiger partial charge in [-0.25, -0.2) is 14.5 Å². The third-order valence-corrected chi connectivity index (χ3v) is 6.09. The Labute approximate surface area is 223 Å². The Balaban J connectivity index is 1.73. The third-order valence-electron chi connectivity index (χ3n) is 5.05. The molecule has 0 bridgehead atoms. The van der Waals surface area contributed by atoms with Crippen LogP contribution in [0.2, 0.25) is 10.0 Å². The van der Waals surface area contributed by atoms with Crippen molar-refractivity contribution in [3.8, 4) is 11.5 Å². The van der Waals surface area contributed by atoms with Crippen molar-refractivity contribution in [1.82, 2.24) is 5.32 Å². The molecule has 8 nitrogen and oxygen atoms in total. The van der Waals surface area contributed by atoms with Crippen molar-refractivity contribution in [3.63, 3.8) is 0 Å². The van der Waals surface area contributed by atoms with Gasteiger partial charge < -0.3 is 9.47 Å². The second-order valence-corrected chi connectivity index (χ2v) is 9.08. The summed E-state index contributed by atoms with van der Waals surface area (Å²) in [6.45, 7) is 0. The number of halogens is 3. The Morgan fingerprint density at radius 2 is 1.75 bits per heavy atom. The Hall–Kier alpha value is -3.66. The van der Waals surface area contributed by atoms with E-state index >= 15 is 0 Å². The van der Waals surface area contributed by atoms with E-state index < -0.39 is 23.8 Å². The average molecular weight is 590 g/mol. The van der Waals surface area contributed by atoms with Crippen LogP contribution in [-0.2, 0) is 9.59 Å². The second-order valence-electron chi connectivity index (χ2n) is 7.33. The first-order valence-electron chi connectivity index (χ1n) is 10.2. The molecule has 0 aromatic heterocycles. The first-order valence-corrected chi connectivity index (χ1v) is 11.8. The van der Waals surface area contributed by atoms with E-state index in [1.165, 1.54) is 43.5 Å². The Kier molecular flexibility index (Phi) is 7.44. The third kappa shape index (κ3) is 5.13. The lowest BCUT2D eigenvalue weighted by molar-refractivity contribution is -0.122. The molecule has 0 atom stereocenters. The van der Waals surface area contributed by atoms with Crippen LogP contribution in [0.15, 0.2) is 70.7 Å². The van der Waals surface area contributed by atoms with Crippen molar-refractivity contribution >= 4 is 74.7 Å². The fraction of sp³-hybridized carbons (Fsp3) is 0.0400. The van der Waals surface area contributed by atoms with Crippen LogP contribution in [0.5, 0.6) is 11.5 Å². The summed E-state index contributed by atoms with van der Waals surface area (Å²) in [6.07, 6.45) is 1.23. The van der Waals surface area contributed by atoms with Gasteiger partial charge in [0.2, 0.25) is 0 Å². The summed E-state index contributed by atoms with van der Waals surface area (Å²) in [4.78, 5) is 52.1. The number of urea groups is 1. The predicted octanol–water partition coefficient (Wildman–Crippen LogP) is 5.65. The van der Waals surface area contributed by atoms with Crippen molar-refractivity contribution in [3.05, 3.63) is 91.9 Å². The number of carbonyl (C=O) groups is 4. The molecule has 4 rings (SSSR count). The molecule has 36 heavy (non-hydrogen) atoms. The zero-order valence-electron chi connectivity index (χ0n) is 18.4. The standard InChI is InChI=1S/C25H15BrCl2N2O6/c1-35-21-5-3-2-4-19(21)30-23(32)17(22(31)29-25(30)34)11-13-10-14(26)6-9-20(13)36-24(33)16-8-7-15(27)12-18(16)28/h2-12H,1H3,(H,29,31,34)/b17-11-. The number of rotatable bonds is 5. The Morgan fingerprint density at radius 3 is 2.47 bits per heavy atom. The van der Waals surface area contributed by atoms with Crippen LogP contribution < -0.4 is 19.7 Å². The monoisotopic (exact) mass is 588 g/mol. The number of hydrogen-bond acceptors (Lipinski definition) is 6. The number of anilines is 1. The summed E-state index contributed by atoms with van der Waals surface area (Å²) in [6, 6.07) is 14.4. The lowest BCUT2D eigenvalue weighted by Gasteiger charge is -2.27. The van der Waals surface area contributed by atoms with E-state index in [2.05, 4.69) is 21.2 Å². The maximum absolute atomic E-state index is 13.3. The summed E-state index contributed by atoms with van der Waals surface area (Å²) in [5.41, 5.74) is 0.0808. The number of nitrogens with zero attached hydrogens (tertiary/aromatic N) is 1. The van der Waals surface area contributed by atoms with E-state index in [0.29, 0.717) is 9.50 Å². The first kappa shape index (κ1) is 25.4. The molecule has 1 aliphatic heterocycles. The summed E-state index contributed by atoms with van der Waals surface area (Å²) in [5.74, 6) is -2.26. The highest BCUT2D eigenvalue weighted by Crippen LogP contribution is 2.32. The molecule has 0 radical (unpaired) electrons. The van der Waals surface area contributed by atoms with Crippen LogP contribution in [0.25, 0.3) is 6.08 Å². The van der Waals surface area contributed by atoms with Crippen molar-refractivity contribution in [1.29, 1.82) is 0 Å². The lowest BCUT2D eigenvalue weighted by Crippen LogP contribution is -2.54. The van der Waals surface area contributed by atoms with Crippen molar-refractivity contribution in [2.75, 3.05) is 12.0 Å². The van der Waals surface area contributed by atoms with E-state index in [4.69, 9.17) is 32.7 Å². The van der Waals surface area contributed by atoms with E-state index in [1.54, 1.807) is 30.3 Å². The number of amides is 4. The van der Waals surface area contributed by atoms with E-state index in [9.17, 15) is 19.2 Å². The molecule has 0 aliphatic carbocycles. The Morgan fingerprint density at radius 1 is 1.00 bits per heavy atom. The number of ether oxygens (including phenoxy) is 2. The molecule has 1 fully saturated rings. The van der Waals surface area contributed by atoms with Crippen LogP contribution in [0.4, 0.5) is 10.5 Å². The first-order chi connectivity index (χ1) is 17.2. The van der Waals surface area contributed by atoms with Crippen LogP contribution >= 0.6 is 39.1 Å². The van der Waals surface area contributed by atoms with E-state index in [-0.39, 0.29) is 38.9 Å². The number of para-hydroxylation sites is 2. The van der Waals surface area contributed by atoms with Gasteiger partial charge in [0.1, 0.15) is 17.1 Å². The molecule has 1 aliphatic rings. The zero-order chi connectivity index (χ0) is 26.0. The minimum Gasteiger partial charge on any atom is -0.495 e. The highest BCUT2D eigenvalue weighted by molar-refractivity contribution is 9.10. The molecule has 0 saturated carbocycles. The van der Waals surface area contributed by atoms with Crippen molar-refractivity contribution in [2.45, 2.75) is 0 Å². The summed E-state index contributed by atoms with van der Waals surface area (Å²) >= 11 is 15.3. The minimum absolute atomic E-state index is 0.0445. The predicted molar refractivity (Wildman–Crippen MR) is 138 cm³/mol. The van der Waals surface area contributed by atoms with Gasteiger partial charge in [-0.05, 0) is 54.6 Å². The van der Waals surface area contributed by atoms with Gasteiger partial charge >= 0.3 is 12.0 Å². The van der Waals surface area contributed by atoms with Gasteiger partial charge in [-0.1, -0.05) is 51.3 Å². The molecular weight excluding hydrogens is 575 g/mol. The number of esters is 1. The molecule has 3 aromatic carbocycles. The van der Waals surface area contributed by atoms with Crippen LogP contribution in [0, 0.1) is 0 Å². The van der Waals surface area contributed by atoms with E-state index in [0.717, 1.165) is 4.90 Å². The number of barbiturate groups is 1. The van der Waals surface area contributed by atoms with Gasteiger partial charge in [-0.3, -0.25) is 14.9 Å². The maximum Gasteiger partial charge on any atom is 0.345 e. The molecule has 1 heterocycles. The number of imide groups is 2.